The van der Waals surface area contributed by atoms with Gasteiger partial charge in [-0.25, -0.2) is 8.42 Å². The van der Waals surface area contributed by atoms with E-state index in [4.69, 9.17) is 0 Å². The fourth-order valence-corrected chi connectivity index (χ4v) is 4.63. The van der Waals surface area contributed by atoms with Crippen molar-refractivity contribution < 1.29 is 13.2 Å². The Morgan fingerprint density at radius 3 is 1.93 bits per heavy atom. The summed E-state index contributed by atoms with van der Waals surface area (Å²) in [5.74, 6) is -0.116. The largest absolute Gasteiger partial charge is 0.337 e. The number of sulfonamides is 1. The van der Waals surface area contributed by atoms with Crippen molar-refractivity contribution in [1.82, 2.24) is 4.90 Å². The number of carbonyl (C=O) groups excluding carboxylic acids is 1. The zero-order valence-electron chi connectivity index (χ0n) is 16.5. The summed E-state index contributed by atoms with van der Waals surface area (Å²) in [6.07, 6.45) is 0. The second kappa shape index (κ2) is 8.92. The first kappa shape index (κ1) is 20.6. The predicted molar refractivity (Wildman–Crippen MR) is 115 cm³/mol. The maximum absolute atomic E-state index is 12.9. The molecular weight excluding hydrogens is 384 g/mol. The normalized spacial score (nSPS) is 11.1. The summed E-state index contributed by atoms with van der Waals surface area (Å²) in [6.45, 7) is 2.58. The first-order chi connectivity index (χ1) is 13.9. The van der Waals surface area contributed by atoms with Crippen LogP contribution in [0.15, 0.2) is 89.8 Å². The van der Waals surface area contributed by atoms with E-state index in [2.05, 4.69) is 0 Å². The average molecular weight is 409 g/mol. The summed E-state index contributed by atoms with van der Waals surface area (Å²) in [5.41, 5.74) is 2.09. The lowest BCUT2D eigenvalue weighted by molar-refractivity contribution is 0.0785. The molecule has 0 aliphatic carbocycles. The maximum Gasteiger partial charge on any atom is 0.264 e. The molecule has 0 saturated heterocycles. The highest BCUT2D eigenvalue weighted by Crippen LogP contribution is 2.24. The van der Waals surface area contributed by atoms with Gasteiger partial charge in [-0.2, -0.15) is 0 Å². The van der Waals surface area contributed by atoms with Gasteiger partial charge in [-0.05, 0) is 48.9 Å². The lowest BCUT2D eigenvalue weighted by Crippen LogP contribution is -2.31. The highest BCUT2D eigenvalue weighted by atomic mass is 32.2. The summed E-state index contributed by atoms with van der Waals surface area (Å²) in [5, 5.41) is 0. The van der Waals surface area contributed by atoms with Crippen molar-refractivity contribution in [2.75, 3.05) is 17.9 Å². The van der Waals surface area contributed by atoms with E-state index in [1.54, 1.807) is 73.5 Å². The summed E-state index contributed by atoms with van der Waals surface area (Å²) in [4.78, 5) is 14.6. The highest BCUT2D eigenvalue weighted by molar-refractivity contribution is 7.92. The Balaban J connectivity index is 1.79. The van der Waals surface area contributed by atoms with Gasteiger partial charge in [0.1, 0.15) is 0 Å². The smallest absolute Gasteiger partial charge is 0.264 e. The van der Waals surface area contributed by atoms with Crippen LogP contribution in [0.1, 0.15) is 22.8 Å². The quantitative estimate of drug-likeness (QED) is 0.589. The van der Waals surface area contributed by atoms with Gasteiger partial charge >= 0.3 is 0 Å². The molecular formula is C23H24N2O3S. The van der Waals surface area contributed by atoms with Crippen molar-refractivity contribution in [2.45, 2.75) is 18.4 Å². The zero-order valence-corrected chi connectivity index (χ0v) is 17.3. The van der Waals surface area contributed by atoms with E-state index < -0.39 is 10.0 Å². The molecule has 150 valence electrons. The minimum atomic E-state index is -3.66. The summed E-state index contributed by atoms with van der Waals surface area (Å²) in [7, 11) is -1.90. The third-order valence-corrected chi connectivity index (χ3v) is 6.55. The van der Waals surface area contributed by atoms with Gasteiger partial charge in [0.15, 0.2) is 0 Å². The minimum absolute atomic E-state index is 0.116. The molecule has 0 heterocycles. The molecule has 5 nitrogen and oxygen atoms in total. The molecule has 0 radical (unpaired) electrons. The van der Waals surface area contributed by atoms with Crippen LogP contribution in [0.3, 0.4) is 0 Å². The fraction of sp³-hybridized carbons (Fsp3) is 0.174. The third kappa shape index (κ3) is 4.66. The second-order valence-corrected chi connectivity index (χ2v) is 8.54. The SMILES string of the molecule is CCN(c1ccc(C(=O)N(C)Cc2ccccc2)cc1)S(=O)(=O)c1ccccc1. The van der Waals surface area contributed by atoms with Crippen LogP contribution in [0.4, 0.5) is 5.69 Å². The van der Waals surface area contributed by atoms with E-state index in [0.29, 0.717) is 24.3 Å². The van der Waals surface area contributed by atoms with Gasteiger partial charge < -0.3 is 4.90 Å². The first-order valence-electron chi connectivity index (χ1n) is 9.40. The monoisotopic (exact) mass is 408 g/mol. The van der Waals surface area contributed by atoms with E-state index in [0.717, 1.165) is 5.56 Å². The van der Waals surface area contributed by atoms with Crippen LogP contribution in [0.25, 0.3) is 0 Å². The molecule has 0 aliphatic rings. The van der Waals surface area contributed by atoms with Crippen molar-refractivity contribution >= 4 is 21.6 Å². The van der Waals surface area contributed by atoms with Crippen LogP contribution in [0, 0.1) is 0 Å². The maximum atomic E-state index is 12.9. The molecule has 0 unspecified atom stereocenters. The van der Waals surface area contributed by atoms with Crippen LogP contribution >= 0.6 is 0 Å². The van der Waals surface area contributed by atoms with Crippen LogP contribution in [0.5, 0.6) is 0 Å². The minimum Gasteiger partial charge on any atom is -0.337 e. The molecule has 3 aromatic carbocycles. The van der Waals surface area contributed by atoms with Gasteiger partial charge in [-0.15, -0.1) is 0 Å². The van der Waals surface area contributed by atoms with Crippen molar-refractivity contribution in [2.24, 2.45) is 0 Å². The van der Waals surface area contributed by atoms with E-state index in [-0.39, 0.29) is 10.8 Å². The molecule has 29 heavy (non-hydrogen) atoms. The Morgan fingerprint density at radius 1 is 0.828 bits per heavy atom. The number of rotatable bonds is 7. The second-order valence-electron chi connectivity index (χ2n) is 6.68. The highest BCUT2D eigenvalue weighted by Gasteiger charge is 2.23. The summed E-state index contributed by atoms with van der Waals surface area (Å²) >= 11 is 0. The van der Waals surface area contributed by atoms with Crippen molar-refractivity contribution in [3.63, 3.8) is 0 Å². The first-order valence-corrected chi connectivity index (χ1v) is 10.8. The Morgan fingerprint density at radius 2 is 1.38 bits per heavy atom. The number of carbonyl (C=O) groups is 1. The lowest BCUT2D eigenvalue weighted by Gasteiger charge is -2.23. The summed E-state index contributed by atoms with van der Waals surface area (Å²) in [6, 6.07) is 24.8. The van der Waals surface area contributed by atoms with Crippen molar-refractivity contribution in [3.8, 4) is 0 Å². The Hall–Kier alpha value is -3.12. The molecule has 0 N–H and O–H groups in total. The molecule has 0 fully saturated rings. The molecule has 0 spiro atoms. The van der Waals surface area contributed by atoms with Gasteiger partial charge in [0.2, 0.25) is 0 Å². The zero-order chi connectivity index (χ0) is 20.9. The fourth-order valence-electron chi connectivity index (χ4n) is 3.13. The Kier molecular flexibility index (Phi) is 6.34. The molecule has 0 saturated carbocycles. The van der Waals surface area contributed by atoms with Crippen LogP contribution < -0.4 is 4.31 Å². The van der Waals surface area contributed by atoms with Crippen LogP contribution in [-0.2, 0) is 16.6 Å². The van der Waals surface area contributed by atoms with E-state index in [9.17, 15) is 13.2 Å². The number of benzene rings is 3. The molecule has 0 aliphatic heterocycles. The molecule has 0 bridgehead atoms. The molecule has 3 aromatic rings. The van der Waals surface area contributed by atoms with Gasteiger partial charge in [-0.3, -0.25) is 9.10 Å². The molecule has 6 heteroatoms. The van der Waals surface area contributed by atoms with Gasteiger partial charge in [0.05, 0.1) is 10.6 Å². The number of hydrogen-bond donors (Lipinski definition) is 0. The third-order valence-electron chi connectivity index (χ3n) is 4.63. The van der Waals surface area contributed by atoms with E-state index >= 15 is 0 Å². The number of amides is 1. The van der Waals surface area contributed by atoms with E-state index in [1.165, 1.54) is 4.31 Å². The lowest BCUT2D eigenvalue weighted by atomic mass is 10.1. The standard InChI is InChI=1S/C23H24N2O3S/c1-3-25(29(27,28)22-12-8-5-9-13-22)21-16-14-20(15-17-21)23(26)24(2)18-19-10-6-4-7-11-19/h4-17H,3,18H2,1-2H3. The average Bonchev–Trinajstić information content (AvgIpc) is 2.75. The van der Waals surface area contributed by atoms with Crippen LogP contribution in [-0.4, -0.2) is 32.8 Å². The van der Waals surface area contributed by atoms with Crippen molar-refractivity contribution in [3.05, 3.63) is 96.1 Å². The molecule has 3 rings (SSSR count). The van der Waals surface area contributed by atoms with Crippen LogP contribution in [0.2, 0.25) is 0 Å². The number of anilines is 1. The van der Waals surface area contributed by atoms with E-state index in [1.807, 2.05) is 30.3 Å². The number of hydrogen-bond acceptors (Lipinski definition) is 3. The molecule has 0 aromatic heterocycles. The van der Waals surface area contributed by atoms with Gasteiger partial charge in [0, 0.05) is 25.7 Å². The molecule has 0 atom stereocenters. The van der Waals surface area contributed by atoms with Gasteiger partial charge in [-0.1, -0.05) is 48.5 Å². The Bertz CT molecular complexity index is 1050. The summed E-state index contributed by atoms with van der Waals surface area (Å²) < 4.78 is 27.2. The predicted octanol–water partition coefficient (Wildman–Crippen LogP) is 4.17. The Labute approximate surface area is 172 Å². The topological polar surface area (TPSA) is 57.7 Å². The van der Waals surface area contributed by atoms with Crippen molar-refractivity contribution in [1.29, 1.82) is 0 Å². The number of nitrogens with zero attached hydrogens (tertiary/aromatic N) is 2. The molecule has 1 amide bonds. The van der Waals surface area contributed by atoms with Gasteiger partial charge in [0.25, 0.3) is 15.9 Å².